The second kappa shape index (κ2) is 7.61. The summed E-state index contributed by atoms with van der Waals surface area (Å²) in [6.45, 7) is 3.16. The maximum Gasteiger partial charge on any atom is 0.411 e. The molecule has 0 saturated heterocycles. The topological polar surface area (TPSA) is 47.3 Å². The predicted octanol–water partition coefficient (Wildman–Crippen LogP) is 3.91. The van der Waals surface area contributed by atoms with E-state index in [0.29, 0.717) is 12.1 Å². The molecule has 2 rings (SSSR count). The van der Waals surface area contributed by atoms with E-state index in [4.69, 9.17) is 4.52 Å². The maximum absolute atomic E-state index is 12.0. The van der Waals surface area contributed by atoms with E-state index in [2.05, 4.69) is 15.2 Å². The predicted molar refractivity (Wildman–Crippen MR) is 78.6 cm³/mol. The monoisotopic (exact) mass is 328 g/mol. The molecule has 0 saturated carbocycles. The van der Waals surface area contributed by atoms with Crippen molar-refractivity contribution in [2.75, 3.05) is 6.61 Å². The highest BCUT2D eigenvalue weighted by Gasteiger charge is 2.27. The van der Waals surface area contributed by atoms with E-state index in [1.165, 1.54) is 0 Å². The number of nitrogens with one attached hydrogen (secondary N) is 1. The Morgan fingerprint density at radius 3 is 2.43 bits per heavy atom. The molecular formula is C16H19F3N2O2. The number of hydrogen-bond acceptors (Lipinski definition) is 4. The van der Waals surface area contributed by atoms with Crippen LogP contribution in [0.15, 0.2) is 34.9 Å². The Labute approximate surface area is 132 Å². The van der Waals surface area contributed by atoms with Crippen LogP contribution in [0, 0.1) is 6.92 Å². The number of hydrogen-bond donors (Lipinski definition) is 1. The Kier molecular flexibility index (Phi) is 5.79. The molecular weight excluding hydrogens is 309 g/mol. The number of alkyl halides is 3. The summed E-state index contributed by atoms with van der Waals surface area (Å²) < 4.78 is 45.6. The lowest BCUT2D eigenvalue weighted by atomic mass is 10.1. The molecule has 1 atom stereocenters. The van der Waals surface area contributed by atoms with E-state index in [1.54, 1.807) is 12.1 Å². The first-order chi connectivity index (χ1) is 10.8. The third kappa shape index (κ3) is 6.03. The molecule has 0 radical (unpaired) electrons. The van der Waals surface area contributed by atoms with E-state index < -0.39 is 12.8 Å². The Morgan fingerprint density at radius 1 is 1.22 bits per heavy atom. The molecule has 1 heterocycles. The number of nitrogens with zero attached hydrogens (tertiary/aromatic N) is 1. The van der Waals surface area contributed by atoms with Gasteiger partial charge in [-0.15, -0.1) is 0 Å². The molecule has 0 fully saturated rings. The Hall–Kier alpha value is -1.86. The quantitative estimate of drug-likeness (QED) is 0.837. The Morgan fingerprint density at radius 2 is 1.87 bits per heavy atom. The number of aryl methyl sites for hydroxylation is 1. The first-order valence-electron chi connectivity index (χ1n) is 7.22. The fraction of sp³-hybridized carbons (Fsp3) is 0.438. The number of rotatable bonds is 7. The minimum Gasteiger partial charge on any atom is -0.367 e. The van der Waals surface area contributed by atoms with E-state index >= 15 is 0 Å². The second-order valence-corrected chi connectivity index (χ2v) is 5.39. The lowest BCUT2D eigenvalue weighted by Crippen LogP contribution is -2.18. The summed E-state index contributed by atoms with van der Waals surface area (Å²) in [5, 5.41) is 7.26. The van der Waals surface area contributed by atoms with Crippen molar-refractivity contribution in [1.29, 1.82) is 0 Å². The van der Waals surface area contributed by atoms with Crippen LogP contribution in [0.2, 0.25) is 0 Å². The van der Waals surface area contributed by atoms with E-state index in [0.717, 1.165) is 17.0 Å². The molecule has 126 valence electrons. The van der Waals surface area contributed by atoms with Gasteiger partial charge in [-0.1, -0.05) is 29.4 Å². The average molecular weight is 328 g/mol. The van der Waals surface area contributed by atoms with Crippen LogP contribution in [0.4, 0.5) is 13.2 Å². The van der Waals surface area contributed by atoms with Gasteiger partial charge in [-0.3, -0.25) is 0 Å². The van der Waals surface area contributed by atoms with Crippen molar-refractivity contribution in [2.45, 2.75) is 39.2 Å². The minimum absolute atomic E-state index is 0.0437. The Balaban J connectivity index is 1.78. The van der Waals surface area contributed by atoms with Crippen molar-refractivity contribution < 1.29 is 22.4 Å². The molecule has 0 amide bonds. The summed E-state index contributed by atoms with van der Waals surface area (Å²) >= 11 is 0. The standard InChI is InChI=1S/C16H19F3N2O2/c1-11-7-15(21-23-11)12(2)20-8-13-3-5-14(6-4-13)9-22-10-16(17,18)19/h3-7,12,20H,8-10H2,1-2H3. The van der Waals surface area contributed by atoms with Crippen LogP contribution in [-0.2, 0) is 17.9 Å². The number of benzene rings is 1. The van der Waals surface area contributed by atoms with Gasteiger partial charge in [0.1, 0.15) is 18.1 Å². The van der Waals surface area contributed by atoms with Gasteiger partial charge in [-0.2, -0.15) is 13.2 Å². The fourth-order valence-corrected chi connectivity index (χ4v) is 2.00. The Bertz CT molecular complexity index is 609. The molecule has 1 N–H and O–H groups in total. The van der Waals surface area contributed by atoms with Crippen molar-refractivity contribution in [3.8, 4) is 0 Å². The van der Waals surface area contributed by atoms with Gasteiger partial charge in [-0.25, -0.2) is 0 Å². The number of aromatic nitrogens is 1. The third-order valence-electron chi connectivity index (χ3n) is 3.26. The van der Waals surface area contributed by atoms with Gasteiger partial charge in [0.2, 0.25) is 0 Å². The summed E-state index contributed by atoms with van der Waals surface area (Å²) in [6.07, 6.45) is -4.29. The van der Waals surface area contributed by atoms with Crippen molar-refractivity contribution in [3.05, 3.63) is 52.9 Å². The number of halogens is 3. The van der Waals surface area contributed by atoms with E-state index in [-0.39, 0.29) is 12.6 Å². The molecule has 7 heteroatoms. The molecule has 23 heavy (non-hydrogen) atoms. The maximum atomic E-state index is 12.0. The van der Waals surface area contributed by atoms with Crippen LogP contribution in [0.1, 0.15) is 35.5 Å². The van der Waals surface area contributed by atoms with Crippen molar-refractivity contribution in [2.24, 2.45) is 0 Å². The van der Waals surface area contributed by atoms with Crippen LogP contribution in [-0.4, -0.2) is 17.9 Å². The summed E-state index contributed by atoms with van der Waals surface area (Å²) in [7, 11) is 0. The van der Waals surface area contributed by atoms with Gasteiger partial charge in [0.05, 0.1) is 12.6 Å². The second-order valence-electron chi connectivity index (χ2n) is 5.39. The molecule has 0 bridgehead atoms. The third-order valence-corrected chi connectivity index (χ3v) is 3.26. The molecule has 0 aliphatic heterocycles. The molecule has 2 aromatic rings. The van der Waals surface area contributed by atoms with E-state index in [9.17, 15) is 13.2 Å². The van der Waals surface area contributed by atoms with Gasteiger partial charge in [0.25, 0.3) is 0 Å². The molecule has 0 spiro atoms. The zero-order chi connectivity index (χ0) is 16.9. The molecule has 0 aliphatic rings. The average Bonchev–Trinajstić information content (AvgIpc) is 2.91. The summed E-state index contributed by atoms with van der Waals surface area (Å²) in [5.74, 6) is 0.761. The number of ether oxygens (including phenoxy) is 1. The van der Waals surface area contributed by atoms with Crippen LogP contribution in [0.25, 0.3) is 0 Å². The smallest absolute Gasteiger partial charge is 0.367 e. The molecule has 0 aliphatic carbocycles. The van der Waals surface area contributed by atoms with Crippen molar-refractivity contribution in [3.63, 3.8) is 0 Å². The van der Waals surface area contributed by atoms with Gasteiger partial charge in [0, 0.05) is 12.6 Å². The van der Waals surface area contributed by atoms with Crippen molar-refractivity contribution in [1.82, 2.24) is 10.5 Å². The lowest BCUT2D eigenvalue weighted by Gasteiger charge is -2.11. The SMILES string of the molecule is Cc1cc(C(C)NCc2ccc(COCC(F)(F)F)cc2)no1. The molecule has 1 aromatic carbocycles. The van der Waals surface area contributed by atoms with Crippen LogP contribution in [0.3, 0.4) is 0 Å². The molecule has 1 unspecified atom stereocenters. The van der Waals surface area contributed by atoms with Gasteiger partial charge in [-0.05, 0) is 25.0 Å². The summed E-state index contributed by atoms with van der Waals surface area (Å²) in [6, 6.07) is 9.16. The minimum atomic E-state index is -4.29. The lowest BCUT2D eigenvalue weighted by molar-refractivity contribution is -0.176. The van der Waals surface area contributed by atoms with Gasteiger partial charge in [0.15, 0.2) is 0 Å². The summed E-state index contributed by atoms with van der Waals surface area (Å²) in [5.41, 5.74) is 2.56. The van der Waals surface area contributed by atoms with Crippen LogP contribution in [0.5, 0.6) is 0 Å². The zero-order valence-corrected chi connectivity index (χ0v) is 13.0. The molecule has 4 nitrogen and oxygen atoms in total. The first-order valence-corrected chi connectivity index (χ1v) is 7.22. The fourth-order valence-electron chi connectivity index (χ4n) is 2.00. The largest absolute Gasteiger partial charge is 0.411 e. The highest BCUT2D eigenvalue weighted by molar-refractivity contribution is 5.22. The highest BCUT2D eigenvalue weighted by Crippen LogP contribution is 2.16. The molecule has 1 aromatic heterocycles. The van der Waals surface area contributed by atoms with Crippen molar-refractivity contribution >= 4 is 0 Å². The normalized spacial score (nSPS) is 13.3. The van der Waals surface area contributed by atoms with Crippen LogP contribution < -0.4 is 5.32 Å². The van der Waals surface area contributed by atoms with E-state index in [1.807, 2.05) is 32.0 Å². The highest BCUT2D eigenvalue weighted by atomic mass is 19.4. The first kappa shape index (κ1) is 17.5. The zero-order valence-electron chi connectivity index (χ0n) is 13.0. The van der Waals surface area contributed by atoms with Crippen LogP contribution >= 0.6 is 0 Å². The van der Waals surface area contributed by atoms with Gasteiger partial charge >= 0.3 is 6.18 Å². The summed E-state index contributed by atoms with van der Waals surface area (Å²) in [4.78, 5) is 0. The van der Waals surface area contributed by atoms with Gasteiger partial charge < -0.3 is 14.6 Å².